The van der Waals surface area contributed by atoms with Crippen molar-refractivity contribution in [2.75, 3.05) is 6.61 Å². The number of rotatable bonds is 5. The predicted molar refractivity (Wildman–Crippen MR) is 103 cm³/mol. The van der Waals surface area contributed by atoms with Gasteiger partial charge in [0.1, 0.15) is 5.75 Å². The van der Waals surface area contributed by atoms with Crippen LogP contribution in [-0.4, -0.2) is 32.4 Å². The first-order valence-electron chi connectivity index (χ1n) is 9.12. The van der Waals surface area contributed by atoms with Gasteiger partial charge in [-0.3, -0.25) is 0 Å². The first kappa shape index (κ1) is 18.0. The average molecular weight is 379 g/mol. The van der Waals surface area contributed by atoms with Gasteiger partial charge in [-0.25, -0.2) is 9.67 Å². The van der Waals surface area contributed by atoms with Crippen LogP contribution in [0.3, 0.4) is 0 Å². The SMILES string of the molecule is NC(=NO)c1ccc(Oc2ccc(-c3ccnn3C3CCCCO3)cn2)cc1. The Morgan fingerprint density at radius 2 is 2.04 bits per heavy atom. The molecule has 8 nitrogen and oxygen atoms in total. The van der Waals surface area contributed by atoms with Crippen molar-refractivity contribution in [2.45, 2.75) is 25.5 Å². The number of hydrogen-bond donors (Lipinski definition) is 2. The van der Waals surface area contributed by atoms with Crippen molar-refractivity contribution < 1.29 is 14.7 Å². The highest BCUT2D eigenvalue weighted by molar-refractivity contribution is 5.97. The third-order valence-corrected chi connectivity index (χ3v) is 4.61. The monoisotopic (exact) mass is 379 g/mol. The highest BCUT2D eigenvalue weighted by Crippen LogP contribution is 2.29. The molecule has 3 N–H and O–H groups in total. The molecule has 1 atom stereocenters. The highest BCUT2D eigenvalue weighted by Gasteiger charge is 2.19. The molecule has 0 radical (unpaired) electrons. The maximum Gasteiger partial charge on any atom is 0.219 e. The quantitative estimate of drug-likeness (QED) is 0.304. The lowest BCUT2D eigenvalue weighted by atomic mass is 10.1. The third-order valence-electron chi connectivity index (χ3n) is 4.61. The van der Waals surface area contributed by atoms with Crippen molar-refractivity contribution in [1.82, 2.24) is 14.8 Å². The van der Waals surface area contributed by atoms with Gasteiger partial charge in [0.15, 0.2) is 12.1 Å². The van der Waals surface area contributed by atoms with Crippen molar-refractivity contribution in [1.29, 1.82) is 0 Å². The topological polar surface area (TPSA) is 108 Å². The van der Waals surface area contributed by atoms with E-state index in [2.05, 4.69) is 15.2 Å². The molecule has 144 valence electrons. The lowest BCUT2D eigenvalue weighted by Gasteiger charge is -2.24. The molecule has 0 spiro atoms. The summed E-state index contributed by atoms with van der Waals surface area (Å²) in [7, 11) is 0. The molecular weight excluding hydrogens is 358 g/mol. The fraction of sp³-hybridized carbons (Fsp3) is 0.250. The first-order valence-corrected chi connectivity index (χ1v) is 9.12. The number of hydrogen-bond acceptors (Lipinski definition) is 6. The molecule has 2 aromatic heterocycles. The van der Waals surface area contributed by atoms with Gasteiger partial charge >= 0.3 is 0 Å². The maximum absolute atomic E-state index is 8.71. The number of ether oxygens (including phenoxy) is 2. The Morgan fingerprint density at radius 1 is 1.18 bits per heavy atom. The summed E-state index contributed by atoms with van der Waals surface area (Å²) in [6.45, 7) is 0.767. The van der Waals surface area contributed by atoms with Crippen molar-refractivity contribution >= 4 is 5.84 Å². The Balaban J connectivity index is 1.48. The van der Waals surface area contributed by atoms with Crippen molar-refractivity contribution in [2.24, 2.45) is 10.9 Å². The number of benzene rings is 1. The molecular formula is C20H21N5O3. The molecule has 0 saturated carbocycles. The van der Waals surface area contributed by atoms with Gasteiger partial charge in [0.2, 0.25) is 5.88 Å². The summed E-state index contributed by atoms with van der Waals surface area (Å²) in [6.07, 6.45) is 6.72. The van der Waals surface area contributed by atoms with Crippen molar-refractivity contribution in [3.05, 3.63) is 60.4 Å². The number of pyridine rings is 1. The van der Waals surface area contributed by atoms with Crippen LogP contribution in [0.25, 0.3) is 11.3 Å². The molecule has 28 heavy (non-hydrogen) atoms. The van der Waals surface area contributed by atoms with E-state index >= 15 is 0 Å². The number of nitrogens with two attached hydrogens (primary N) is 1. The first-order chi connectivity index (χ1) is 13.7. The maximum atomic E-state index is 8.71. The fourth-order valence-electron chi connectivity index (χ4n) is 3.15. The van der Waals surface area contributed by atoms with Gasteiger partial charge in [0, 0.05) is 36.2 Å². The fourth-order valence-corrected chi connectivity index (χ4v) is 3.15. The molecule has 0 amide bonds. The Labute approximate surface area is 162 Å². The number of oxime groups is 1. The van der Waals surface area contributed by atoms with Gasteiger partial charge < -0.3 is 20.4 Å². The van der Waals surface area contributed by atoms with E-state index in [0.717, 1.165) is 37.1 Å². The van der Waals surface area contributed by atoms with Gasteiger partial charge in [0.25, 0.3) is 0 Å². The zero-order valence-corrected chi connectivity index (χ0v) is 15.2. The van der Waals surface area contributed by atoms with E-state index in [4.69, 9.17) is 20.4 Å². The van der Waals surface area contributed by atoms with Crippen molar-refractivity contribution in [3.8, 4) is 22.9 Å². The van der Waals surface area contributed by atoms with Crippen LogP contribution in [0.4, 0.5) is 0 Å². The van der Waals surface area contributed by atoms with Crippen LogP contribution in [0.1, 0.15) is 31.1 Å². The average Bonchev–Trinajstić information content (AvgIpc) is 3.25. The minimum atomic E-state index is -0.0249. The number of nitrogens with zero attached hydrogens (tertiary/aromatic N) is 4. The Hall–Kier alpha value is -3.39. The molecule has 4 rings (SSSR count). The van der Waals surface area contributed by atoms with Crippen molar-refractivity contribution in [3.63, 3.8) is 0 Å². The zero-order valence-electron chi connectivity index (χ0n) is 15.2. The molecule has 1 aliphatic heterocycles. The van der Waals surface area contributed by atoms with E-state index in [9.17, 15) is 0 Å². The summed E-state index contributed by atoms with van der Waals surface area (Å²) in [5.41, 5.74) is 8.08. The van der Waals surface area contributed by atoms with E-state index in [0.29, 0.717) is 17.2 Å². The second-order valence-corrected chi connectivity index (χ2v) is 6.48. The Morgan fingerprint density at radius 3 is 2.71 bits per heavy atom. The Kier molecular flexibility index (Phi) is 5.20. The van der Waals surface area contributed by atoms with E-state index < -0.39 is 0 Å². The minimum Gasteiger partial charge on any atom is -0.439 e. The molecule has 0 bridgehead atoms. The van der Waals surface area contributed by atoms with Crippen LogP contribution >= 0.6 is 0 Å². The van der Waals surface area contributed by atoms with Gasteiger partial charge in [-0.05, 0) is 55.7 Å². The second-order valence-electron chi connectivity index (χ2n) is 6.48. The van der Waals surface area contributed by atoms with Crippen LogP contribution in [0, 0.1) is 0 Å². The normalized spacial score (nSPS) is 17.4. The molecule has 1 aliphatic rings. The summed E-state index contributed by atoms with van der Waals surface area (Å²) >= 11 is 0. The van der Waals surface area contributed by atoms with Crippen LogP contribution in [0.2, 0.25) is 0 Å². The summed E-state index contributed by atoms with van der Waals surface area (Å²) in [6, 6.07) is 12.6. The summed E-state index contributed by atoms with van der Waals surface area (Å²) in [5, 5.41) is 16.1. The van der Waals surface area contributed by atoms with Gasteiger partial charge in [-0.15, -0.1) is 0 Å². The van der Waals surface area contributed by atoms with E-state index in [-0.39, 0.29) is 12.1 Å². The smallest absolute Gasteiger partial charge is 0.219 e. The predicted octanol–water partition coefficient (Wildman–Crippen LogP) is 3.53. The minimum absolute atomic E-state index is 0.0249. The lowest BCUT2D eigenvalue weighted by molar-refractivity contribution is -0.0383. The third kappa shape index (κ3) is 3.81. The summed E-state index contributed by atoms with van der Waals surface area (Å²) < 4.78 is 13.5. The largest absolute Gasteiger partial charge is 0.439 e. The molecule has 0 aliphatic carbocycles. The Bertz CT molecular complexity index is 945. The second kappa shape index (κ2) is 8.10. The molecule has 3 heterocycles. The van der Waals surface area contributed by atoms with Gasteiger partial charge in [-0.1, -0.05) is 5.16 Å². The van der Waals surface area contributed by atoms with Gasteiger partial charge in [-0.2, -0.15) is 5.10 Å². The van der Waals surface area contributed by atoms with Crippen LogP contribution in [-0.2, 0) is 4.74 Å². The number of aromatic nitrogens is 3. The van der Waals surface area contributed by atoms with E-state index in [1.54, 1.807) is 36.7 Å². The molecule has 1 saturated heterocycles. The van der Waals surface area contributed by atoms with E-state index in [1.165, 1.54) is 0 Å². The molecule has 3 aromatic rings. The van der Waals surface area contributed by atoms with Crippen LogP contribution in [0.5, 0.6) is 11.6 Å². The van der Waals surface area contributed by atoms with Gasteiger partial charge in [0.05, 0.1) is 5.69 Å². The zero-order chi connectivity index (χ0) is 19.3. The van der Waals surface area contributed by atoms with Crippen LogP contribution in [0.15, 0.2) is 60.0 Å². The molecule has 1 fully saturated rings. The molecule has 1 aromatic carbocycles. The summed E-state index contributed by atoms with van der Waals surface area (Å²) in [5.74, 6) is 1.13. The number of amidine groups is 1. The van der Waals surface area contributed by atoms with Crippen LogP contribution < -0.4 is 10.5 Å². The molecule has 1 unspecified atom stereocenters. The molecule has 8 heteroatoms. The highest BCUT2D eigenvalue weighted by atomic mass is 16.5. The van der Waals surface area contributed by atoms with E-state index in [1.807, 2.05) is 22.9 Å². The standard InChI is InChI=1S/C20H21N5O3/c21-20(24-26)14-4-7-16(8-5-14)28-18-9-6-15(13-22-18)17-10-11-23-25(17)19-3-1-2-12-27-19/h4-11,13,19,26H,1-3,12H2,(H2,21,24). The summed E-state index contributed by atoms with van der Waals surface area (Å²) in [4.78, 5) is 4.40. The lowest BCUT2D eigenvalue weighted by Crippen LogP contribution is -2.19.